The van der Waals surface area contributed by atoms with Crippen molar-refractivity contribution in [1.29, 1.82) is 0 Å². The van der Waals surface area contributed by atoms with E-state index in [1.807, 2.05) is 0 Å². The minimum atomic E-state index is -3.83. The van der Waals surface area contributed by atoms with Crippen LogP contribution < -0.4 is 10.5 Å². The summed E-state index contributed by atoms with van der Waals surface area (Å²) >= 11 is 0. The molecule has 100 valence electrons. The molecule has 1 unspecified atom stereocenters. The molecule has 3 N–H and O–H groups in total. The summed E-state index contributed by atoms with van der Waals surface area (Å²) in [5, 5.41) is 0. The van der Waals surface area contributed by atoms with Crippen molar-refractivity contribution in [3.05, 3.63) is 29.6 Å². The molecule has 2 rings (SSSR count). The van der Waals surface area contributed by atoms with E-state index in [1.54, 1.807) is 0 Å². The fourth-order valence-electron chi connectivity index (χ4n) is 1.93. The second-order valence-corrected chi connectivity index (χ2v) is 6.37. The third kappa shape index (κ3) is 2.71. The van der Waals surface area contributed by atoms with Crippen molar-refractivity contribution < 1.29 is 12.8 Å². The normalized spacial score (nSPS) is 17.7. The fraction of sp³-hybridized carbons (Fsp3) is 0.500. The van der Waals surface area contributed by atoms with E-state index in [0.29, 0.717) is 5.56 Å². The summed E-state index contributed by atoms with van der Waals surface area (Å²) in [6, 6.07) is 4.04. The van der Waals surface area contributed by atoms with Crippen molar-refractivity contribution in [1.82, 2.24) is 4.72 Å². The van der Waals surface area contributed by atoms with Crippen LogP contribution in [-0.4, -0.2) is 21.0 Å². The minimum absolute atomic E-state index is 0.233. The Hall–Kier alpha value is -0.980. The summed E-state index contributed by atoms with van der Waals surface area (Å²) in [4.78, 5) is -0.304. The molecule has 0 bridgehead atoms. The summed E-state index contributed by atoms with van der Waals surface area (Å²) in [5.74, 6) is -0.408. The maximum absolute atomic E-state index is 13.8. The zero-order valence-corrected chi connectivity index (χ0v) is 11.0. The van der Waals surface area contributed by atoms with Crippen LogP contribution >= 0.6 is 0 Å². The van der Waals surface area contributed by atoms with Crippen molar-refractivity contribution in [3.63, 3.8) is 0 Å². The van der Waals surface area contributed by atoms with E-state index in [1.165, 1.54) is 25.1 Å². The van der Waals surface area contributed by atoms with Gasteiger partial charge in [-0.1, -0.05) is 12.1 Å². The average Bonchev–Trinajstić information content (AvgIpc) is 3.13. The average molecular weight is 272 g/mol. The van der Waals surface area contributed by atoms with Gasteiger partial charge in [0.2, 0.25) is 10.0 Å². The van der Waals surface area contributed by atoms with Crippen molar-refractivity contribution in [3.8, 4) is 0 Å². The summed E-state index contributed by atoms with van der Waals surface area (Å²) in [6.07, 6.45) is 1.95. The zero-order valence-electron chi connectivity index (χ0n) is 10.2. The Bertz CT molecular complexity index is 541. The molecular formula is C12H17FN2O2S. The molecule has 0 radical (unpaired) electrons. The van der Waals surface area contributed by atoms with Gasteiger partial charge >= 0.3 is 0 Å². The van der Waals surface area contributed by atoms with Gasteiger partial charge in [0.05, 0.1) is 0 Å². The van der Waals surface area contributed by atoms with Gasteiger partial charge in [-0.25, -0.2) is 17.5 Å². The lowest BCUT2D eigenvalue weighted by atomic mass is 10.2. The van der Waals surface area contributed by atoms with E-state index in [-0.39, 0.29) is 23.4 Å². The van der Waals surface area contributed by atoms with E-state index in [0.717, 1.165) is 12.8 Å². The Kier molecular flexibility index (Phi) is 3.70. The molecule has 0 saturated heterocycles. The van der Waals surface area contributed by atoms with Crippen LogP contribution in [0.4, 0.5) is 4.39 Å². The van der Waals surface area contributed by atoms with Crippen LogP contribution in [0, 0.1) is 18.7 Å². The van der Waals surface area contributed by atoms with Gasteiger partial charge in [0, 0.05) is 12.6 Å². The van der Waals surface area contributed by atoms with Gasteiger partial charge in [0.1, 0.15) is 10.7 Å². The standard InChI is InChI=1S/C12H17FN2O2S/c1-8-3-2-4-11(12(8)13)18(16,17)15-10(7-14)9-5-6-9/h2-4,9-10,15H,5-7,14H2,1H3. The van der Waals surface area contributed by atoms with Crippen molar-refractivity contribution in [2.24, 2.45) is 11.7 Å². The Morgan fingerprint density at radius 1 is 1.50 bits per heavy atom. The highest BCUT2D eigenvalue weighted by atomic mass is 32.2. The molecule has 0 aliphatic heterocycles. The van der Waals surface area contributed by atoms with Crippen LogP contribution in [0.2, 0.25) is 0 Å². The fourth-order valence-corrected chi connectivity index (χ4v) is 3.40. The monoisotopic (exact) mass is 272 g/mol. The Morgan fingerprint density at radius 3 is 2.72 bits per heavy atom. The Balaban J connectivity index is 2.27. The number of benzene rings is 1. The molecule has 1 aromatic rings. The topological polar surface area (TPSA) is 72.2 Å². The molecule has 0 heterocycles. The molecule has 1 aliphatic rings. The predicted molar refractivity (Wildman–Crippen MR) is 67.0 cm³/mol. The van der Waals surface area contributed by atoms with E-state index in [9.17, 15) is 12.8 Å². The van der Waals surface area contributed by atoms with Crippen molar-refractivity contribution >= 4 is 10.0 Å². The highest BCUT2D eigenvalue weighted by molar-refractivity contribution is 7.89. The van der Waals surface area contributed by atoms with Crippen LogP contribution in [0.25, 0.3) is 0 Å². The maximum Gasteiger partial charge on any atom is 0.243 e. The molecule has 0 spiro atoms. The second-order valence-electron chi connectivity index (χ2n) is 4.69. The predicted octanol–water partition coefficient (Wildman–Crippen LogP) is 1.15. The minimum Gasteiger partial charge on any atom is -0.329 e. The van der Waals surface area contributed by atoms with E-state index < -0.39 is 15.8 Å². The summed E-state index contributed by atoms with van der Waals surface area (Å²) < 4.78 is 40.5. The van der Waals surface area contributed by atoms with E-state index in [4.69, 9.17) is 5.73 Å². The molecule has 0 amide bonds. The molecule has 1 aliphatic carbocycles. The van der Waals surface area contributed by atoms with Gasteiger partial charge in [0.15, 0.2) is 0 Å². The molecule has 0 aromatic heterocycles. The van der Waals surface area contributed by atoms with Gasteiger partial charge in [0.25, 0.3) is 0 Å². The molecular weight excluding hydrogens is 255 g/mol. The third-order valence-corrected chi connectivity index (χ3v) is 4.70. The number of hydrogen-bond acceptors (Lipinski definition) is 3. The SMILES string of the molecule is Cc1cccc(S(=O)(=O)NC(CN)C2CC2)c1F. The first-order valence-electron chi connectivity index (χ1n) is 5.93. The van der Waals surface area contributed by atoms with E-state index in [2.05, 4.69) is 4.72 Å². The number of nitrogens with one attached hydrogen (secondary N) is 1. The number of aryl methyl sites for hydroxylation is 1. The molecule has 6 heteroatoms. The number of halogens is 1. The quantitative estimate of drug-likeness (QED) is 0.844. The molecule has 1 saturated carbocycles. The molecule has 1 fully saturated rings. The van der Waals surface area contributed by atoms with Gasteiger partial charge in [-0.05, 0) is 37.3 Å². The lowest BCUT2D eigenvalue weighted by Gasteiger charge is -2.16. The maximum atomic E-state index is 13.8. The lowest BCUT2D eigenvalue weighted by molar-refractivity contribution is 0.510. The summed E-state index contributed by atoms with van der Waals surface area (Å²) in [7, 11) is -3.83. The lowest BCUT2D eigenvalue weighted by Crippen LogP contribution is -2.41. The van der Waals surface area contributed by atoms with Crippen LogP contribution in [0.15, 0.2) is 23.1 Å². The first-order chi connectivity index (χ1) is 8.45. The van der Waals surface area contributed by atoms with Crippen molar-refractivity contribution in [2.45, 2.75) is 30.7 Å². The third-order valence-electron chi connectivity index (χ3n) is 3.20. The van der Waals surface area contributed by atoms with Crippen LogP contribution in [-0.2, 0) is 10.0 Å². The molecule has 4 nitrogen and oxygen atoms in total. The number of rotatable bonds is 5. The number of hydrogen-bond donors (Lipinski definition) is 2. The number of sulfonamides is 1. The van der Waals surface area contributed by atoms with Gasteiger partial charge < -0.3 is 5.73 Å². The molecule has 18 heavy (non-hydrogen) atoms. The molecule has 1 aromatic carbocycles. The van der Waals surface area contributed by atoms with Crippen molar-refractivity contribution in [2.75, 3.05) is 6.54 Å². The first-order valence-corrected chi connectivity index (χ1v) is 7.41. The first kappa shape index (κ1) is 13.5. The highest BCUT2D eigenvalue weighted by Gasteiger charge is 2.34. The van der Waals surface area contributed by atoms with Gasteiger partial charge in [-0.15, -0.1) is 0 Å². The highest BCUT2D eigenvalue weighted by Crippen LogP contribution is 2.33. The van der Waals surface area contributed by atoms with Crippen LogP contribution in [0.1, 0.15) is 18.4 Å². The number of nitrogens with two attached hydrogens (primary N) is 1. The van der Waals surface area contributed by atoms with E-state index >= 15 is 0 Å². The van der Waals surface area contributed by atoms with Crippen LogP contribution in [0.5, 0.6) is 0 Å². The smallest absolute Gasteiger partial charge is 0.243 e. The second kappa shape index (κ2) is 4.95. The Morgan fingerprint density at radius 2 is 2.17 bits per heavy atom. The van der Waals surface area contributed by atoms with Gasteiger partial charge in [-0.2, -0.15) is 0 Å². The molecule has 1 atom stereocenters. The summed E-state index contributed by atoms with van der Waals surface area (Å²) in [6.45, 7) is 1.77. The van der Waals surface area contributed by atoms with Gasteiger partial charge in [-0.3, -0.25) is 0 Å². The Labute approximate surface area is 106 Å². The zero-order chi connectivity index (χ0) is 13.3. The van der Waals surface area contributed by atoms with Crippen LogP contribution in [0.3, 0.4) is 0 Å². The largest absolute Gasteiger partial charge is 0.329 e. The summed E-state index contributed by atoms with van der Waals surface area (Å²) in [5.41, 5.74) is 5.86.